The van der Waals surface area contributed by atoms with Gasteiger partial charge in [0.15, 0.2) is 5.16 Å². The van der Waals surface area contributed by atoms with Gasteiger partial charge < -0.3 is 11.1 Å². The van der Waals surface area contributed by atoms with Crippen LogP contribution in [0.4, 0.5) is 0 Å². The Kier molecular flexibility index (Phi) is 4.26. The quantitative estimate of drug-likeness (QED) is 0.573. The summed E-state index contributed by atoms with van der Waals surface area (Å²) in [6.45, 7) is 3.66. The Bertz CT molecular complexity index is 385. The van der Waals surface area contributed by atoms with Crippen LogP contribution in [0.2, 0.25) is 0 Å². The lowest BCUT2D eigenvalue weighted by molar-refractivity contribution is -0.122. The Balaban J connectivity index is 2.66. The zero-order chi connectivity index (χ0) is 12.2. The van der Waals surface area contributed by atoms with Gasteiger partial charge in [-0.1, -0.05) is 11.8 Å². The first-order valence-corrected chi connectivity index (χ1v) is 5.88. The molecule has 0 aliphatic carbocycles. The van der Waals surface area contributed by atoms with E-state index < -0.39 is 5.54 Å². The highest BCUT2D eigenvalue weighted by atomic mass is 32.2. The molecule has 16 heavy (non-hydrogen) atoms. The van der Waals surface area contributed by atoms with Gasteiger partial charge in [-0.15, -0.1) is 0 Å². The summed E-state index contributed by atoms with van der Waals surface area (Å²) in [7, 11) is 1.71. The lowest BCUT2D eigenvalue weighted by Crippen LogP contribution is -2.53. The minimum atomic E-state index is -0.738. The van der Waals surface area contributed by atoms with E-state index in [0.717, 1.165) is 5.69 Å². The van der Waals surface area contributed by atoms with Crippen molar-refractivity contribution >= 4 is 17.7 Å². The Labute approximate surface area is 99.2 Å². The number of rotatable bonds is 5. The van der Waals surface area contributed by atoms with Crippen molar-refractivity contribution in [3.63, 3.8) is 0 Å². The second kappa shape index (κ2) is 5.27. The molecule has 3 N–H and O–H groups in total. The molecule has 6 heteroatoms. The van der Waals surface area contributed by atoms with E-state index in [1.165, 1.54) is 11.8 Å². The molecule has 1 aromatic rings. The maximum atomic E-state index is 11.2. The minimum Gasteiger partial charge on any atom is -0.368 e. The maximum Gasteiger partial charge on any atom is 0.238 e. The van der Waals surface area contributed by atoms with Crippen LogP contribution in [0.3, 0.4) is 0 Å². The molecule has 0 aromatic carbocycles. The standard InChI is InChI=1S/C10H16N4OS/c1-7-4-5-13-9(14-7)16-6-10(2,12-3)8(11)15/h4-5,12H,6H2,1-3H3,(H2,11,15). The molecule has 1 aromatic heterocycles. The maximum absolute atomic E-state index is 11.2. The van der Waals surface area contributed by atoms with Crippen LogP contribution in [0.15, 0.2) is 17.4 Å². The molecular weight excluding hydrogens is 224 g/mol. The Morgan fingerprint density at radius 3 is 2.88 bits per heavy atom. The van der Waals surface area contributed by atoms with Crippen molar-refractivity contribution in [2.24, 2.45) is 5.73 Å². The number of aromatic nitrogens is 2. The first kappa shape index (κ1) is 12.9. The summed E-state index contributed by atoms with van der Waals surface area (Å²) in [5, 5.41) is 3.57. The molecule has 0 fully saturated rings. The van der Waals surface area contributed by atoms with Crippen molar-refractivity contribution in [1.29, 1.82) is 0 Å². The smallest absolute Gasteiger partial charge is 0.238 e. The molecule has 1 atom stereocenters. The lowest BCUT2D eigenvalue weighted by atomic mass is 10.1. The fourth-order valence-electron chi connectivity index (χ4n) is 0.971. The number of nitrogens with two attached hydrogens (primary N) is 1. The number of nitrogens with zero attached hydrogens (tertiary/aromatic N) is 2. The van der Waals surface area contributed by atoms with Gasteiger partial charge in [0.1, 0.15) is 5.54 Å². The van der Waals surface area contributed by atoms with E-state index in [2.05, 4.69) is 15.3 Å². The normalized spacial score (nSPS) is 14.4. The minimum absolute atomic E-state index is 0.379. The fourth-order valence-corrected chi connectivity index (χ4v) is 2.02. The van der Waals surface area contributed by atoms with Crippen molar-refractivity contribution in [3.05, 3.63) is 18.0 Å². The van der Waals surface area contributed by atoms with Crippen molar-refractivity contribution in [3.8, 4) is 0 Å². The van der Waals surface area contributed by atoms with Gasteiger partial charge in [0.25, 0.3) is 0 Å². The molecule has 1 amide bonds. The lowest BCUT2D eigenvalue weighted by Gasteiger charge is -2.24. The number of carbonyl (C=O) groups excluding carboxylic acids is 1. The molecule has 0 bridgehead atoms. The third kappa shape index (κ3) is 3.18. The van der Waals surface area contributed by atoms with E-state index in [-0.39, 0.29) is 5.91 Å². The van der Waals surface area contributed by atoms with E-state index in [1.807, 2.05) is 13.0 Å². The first-order chi connectivity index (χ1) is 7.48. The van der Waals surface area contributed by atoms with Gasteiger partial charge in [-0.3, -0.25) is 4.79 Å². The van der Waals surface area contributed by atoms with Crippen molar-refractivity contribution in [1.82, 2.24) is 15.3 Å². The molecule has 0 saturated carbocycles. The van der Waals surface area contributed by atoms with Crippen LogP contribution in [-0.4, -0.2) is 34.2 Å². The number of aryl methyl sites for hydroxylation is 1. The van der Waals surface area contributed by atoms with Crippen molar-refractivity contribution in [2.75, 3.05) is 12.8 Å². The van der Waals surface area contributed by atoms with Gasteiger partial charge in [-0.05, 0) is 27.0 Å². The number of likely N-dealkylation sites (N-methyl/N-ethyl adjacent to an activating group) is 1. The van der Waals surface area contributed by atoms with E-state index in [9.17, 15) is 4.79 Å². The summed E-state index contributed by atoms with van der Waals surface area (Å²) < 4.78 is 0. The summed E-state index contributed by atoms with van der Waals surface area (Å²) in [4.78, 5) is 19.6. The average molecular weight is 240 g/mol. The van der Waals surface area contributed by atoms with E-state index in [0.29, 0.717) is 10.9 Å². The summed E-state index contributed by atoms with van der Waals surface area (Å²) in [5.41, 5.74) is 5.49. The number of primary amides is 1. The van der Waals surface area contributed by atoms with Gasteiger partial charge in [0.2, 0.25) is 5.91 Å². The third-order valence-electron chi connectivity index (χ3n) is 2.36. The molecule has 5 nitrogen and oxygen atoms in total. The van der Waals surface area contributed by atoms with E-state index in [4.69, 9.17) is 5.73 Å². The van der Waals surface area contributed by atoms with Crippen LogP contribution in [0.1, 0.15) is 12.6 Å². The first-order valence-electron chi connectivity index (χ1n) is 4.89. The van der Waals surface area contributed by atoms with Gasteiger partial charge in [0, 0.05) is 17.6 Å². The molecule has 1 unspecified atom stereocenters. The molecule has 0 aliphatic heterocycles. The number of thioether (sulfide) groups is 1. The predicted molar refractivity (Wildman–Crippen MR) is 64.2 cm³/mol. The van der Waals surface area contributed by atoms with Crippen LogP contribution in [-0.2, 0) is 4.79 Å². The molecule has 0 radical (unpaired) electrons. The van der Waals surface area contributed by atoms with Crippen LogP contribution >= 0.6 is 11.8 Å². The second-order valence-corrected chi connectivity index (χ2v) is 4.66. The van der Waals surface area contributed by atoms with Gasteiger partial charge in [-0.2, -0.15) is 0 Å². The van der Waals surface area contributed by atoms with Gasteiger partial charge >= 0.3 is 0 Å². The van der Waals surface area contributed by atoms with Gasteiger partial charge in [-0.25, -0.2) is 9.97 Å². The van der Waals surface area contributed by atoms with E-state index in [1.54, 1.807) is 20.2 Å². The second-order valence-electron chi connectivity index (χ2n) is 3.72. The zero-order valence-electron chi connectivity index (χ0n) is 9.65. The Morgan fingerprint density at radius 2 is 2.38 bits per heavy atom. The number of hydrogen-bond donors (Lipinski definition) is 2. The van der Waals surface area contributed by atoms with Crippen LogP contribution in [0.25, 0.3) is 0 Å². The molecule has 1 heterocycles. The SMILES string of the molecule is CNC(C)(CSc1nccc(C)n1)C(N)=O. The summed E-state index contributed by atoms with van der Waals surface area (Å²) in [6, 6.07) is 1.83. The third-order valence-corrected chi connectivity index (χ3v) is 3.53. The average Bonchev–Trinajstić information content (AvgIpc) is 2.26. The summed E-state index contributed by atoms with van der Waals surface area (Å²) in [6.07, 6.45) is 1.70. The van der Waals surface area contributed by atoms with Gasteiger partial charge in [0.05, 0.1) is 0 Å². The van der Waals surface area contributed by atoms with Crippen molar-refractivity contribution in [2.45, 2.75) is 24.5 Å². The molecule has 0 saturated heterocycles. The topological polar surface area (TPSA) is 80.9 Å². The monoisotopic (exact) mass is 240 g/mol. The number of carbonyl (C=O) groups is 1. The molecular formula is C10H16N4OS. The molecule has 0 spiro atoms. The highest BCUT2D eigenvalue weighted by Crippen LogP contribution is 2.18. The zero-order valence-corrected chi connectivity index (χ0v) is 10.5. The fraction of sp³-hybridized carbons (Fsp3) is 0.500. The molecule has 1 rings (SSSR count). The number of hydrogen-bond acceptors (Lipinski definition) is 5. The summed E-state index contributed by atoms with van der Waals surface area (Å²) >= 11 is 1.41. The molecule has 0 aliphatic rings. The number of amides is 1. The Hall–Kier alpha value is -1.14. The molecule has 88 valence electrons. The van der Waals surface area contributed by atoms with Crippen molar-refractivity contribution < 1.29 is 4.79 Å². The largest absolute Gasteiger partial charge is 0.368 e. The predicted octanol–water partition coefficient (Wildman–Crippen LogP) is 0.341. The number of nitrogens with one attached hydrogen (secondary N) is 1. The highest BCUT2D eigenvalue weighted by Gasteiger charge is 2.29. The van der Waals surface area contributed by atoms with Crippen LogP contribution in [0, 0.1) is 6.92 Å². The van der Waals surface area contributed by atoms with Crippen LogP contribution < -0.4 is 11.1 Å². The summed E-state index contributed by atoms with van der Waals surface area (Å²) in [5.74, 6) is 0.123. The van der Waals surface area contributed by atoms with E-state index >= 15 is 0 Å². The van der Waals surface area contributed by atoms with Crippen LogP contribution in [0.5, 0.6) is 0 Å². The highest BCUT2D eigenvalue weighted by molar-refractivity contribution is 7.99. The Morgan fingerprint density at radius 1 is 1.69 bits per heavy atom.